The standard InChI is InChI=1S/C17H18F2N2OS/c1-17(15(19)10-22-16(20)21-17)13-9-11(5-7-14(13)18)4-6-12-3-2-8-23-12/h2-3,5,7-9,15H,4,6,10H2,1H3,(H2,20,21)/t15-,17+/m0/s1. The van der Waals surface area contributed by atoms with E-state index in [2.05, 4.69) is 11.1 Å². The number of thiophene rings is 1. The summed E-state index contributed by atoms with van der Waals surface area (Å²) in [6.07, 6.45) is 0.181. The van der Waals surface area contributed by atoms with Gasteiger partial charge in [0.15, 0.2) is 6.17 Å². The Morgan fingerprint density at radius 3 is 2.96 bits per heavy atom. The van der Waals surface area contributed by atoms with E-state index in [1.807, 2.05) is 11.4 Å². The first kappa shape index (κ1) is 15.9. The van der Waals surface area contributed by atoms with E-state index in [1.165, 1.54) is 10.9 Å². The third-order valence-corrected chi connectivity index (χ3v) is 5.08. The third kappa shape index (κ3) is 3.22. The molecule has 0 saturated heterocycles. The third-order valence-electron chi connectivity index (χ3n) is 4.15. The van der Waals surface area contributed by atoms with Crippen LogP contribution in [-0.4, -0.2) is 18.8 Å². The Bertz CT molecular complexity index is 717. The molecule has 0 unspecified atom stereocenters. The maximum atomic E-state index is 14.4. The Hall–Kier alpha value is -1.95. The average molecular weight is 336 g/mol. The molecule has 23 heavy (non-hydrogen) atoms. The van der Waals surface area contributed by atoms with Crippen molar-refractivity contribution in [2.24, 2.45) is 10.7 Å². The summed E-state index contributed by atoms with van der Waals surface area (Å²) in [4.78, 5) is 5.30. The number of nitrogens with zero attached hydrogens (tertiary/aromatic N) is 1. The zero-order valence-corrected chi connectivity index (χ0v) is 13.6. The maximum Gasteiger partial charge on any atom is 0.283 e. The highest BCUT2D eigenvalue weighted by Crippen LogP contribution is 2.36. The molecule has 1 aromatic carbocycles. The van der Waals surface area contributed by atoms with E-state index < -0.39 is 17.5 Å². The number of hydrogen-bond donors (Lipinski definition) is 1. The fourth-order valence-electron chi connectivity index (χ4n) is 2.72. The van der Waals surface area contributed by atoms with Crippen LogP contribution in [0.1, 0.15) is 22.9 Å². The van der Waals surface area contributed by atoms with Crippen molar-refractivity contribution in [2.75, 3.05) is 6.61 Å². The summed E-state index contributed by atoms with van der Waals surface area (Å²) < 4.78 is 33.6. The fourth-order valence-corrected chi connectivity index (χ4v) is 3.43. The van der Waals surface area contributed by atoms with E-state index in [0.717, 1.165) is 18.4 Å². The maximum absolute atomic E-state index is 14.4. The van der Waals surface area contributed by atoms with Gasteiger partial charge >= 0.3 is 0 Å². The summed E-state index contributed by atoms with van der Waals surface area (Å²) in [6, 6.07) is 8.76. The molecular weight excluding hydrogens is 318 g/mol. The van der Waals surface area contributed by atoms with Gasteiger partial charge in [-0.15, -0.1) is 11.3 Å². The molecule has 122 valence electrons. The Balaban J connectivity index is 1.89. The lowest BCUT2D eigenvalue weighted by Gasteiger charge is -2.33. The van der Waals surface area contributed by atoms with Crippen LogP contribution in [0.5, 0.6) is 0 Å². The molecule has 0 spiro atoms. The van der Waals surface area contributed by atoms with Crippen molar-refractivity contribution in [1.29, 1.82) is 0 Å². The van der Waals surface area contributed by atoms with Crippen LogP contribution in [0, 0.1) is 5.82 Å². The Kier molecular flexibility index (Phi) is 4.35. The van der Waals surface area contributed by atoms with Gasteiger partial charge in [0.25, 0.3) is 6.02 Å². The van der Waals surface area contributed by atoms with Gasteiger partial charge in [0.1, 0.15) is 18.0 Å². The zero-order chi connectivity index (χ0) is 16.4. The predicted molar refractivity (Wildman–Crippen MR) is 87.9 cm³/mol. The highest BCUT2D eigenvalue weighted by molar-refractivity contribution is 7.09. The molecule has 0 fully saturated rings. The first-order valence-electron chi connectivity index (χ1n) is 7.42. The Labute approximate surface area is 137 Å². The van der Waals surface area contributed by atoms with Crippen molar-refractivity contribution < 1.29 is 13.5 Å². The molecule has 3 nitrogen and oxygen atoms in total. The minimum absolute atomic E-state index is 0.107. The van der Waals surface area contributed by atoms with Gasteiger partial charge < -0.3 is 10.5 Å². The molecule has 0 aliphatic carbocycles. The van der Waals surface area contributed by atoms with Crippen LogP contribution in [-0.2, 0) is 23.1 Å². The summed E-state index contributed by atoms with van der Waals surface area (Å²) in [7, 11) is 0. The lowest BCUT2D eigenvalue weighted by Crippen LogP contribution is -2.43. The van der Waals surface area contributed by atoms with Crippen LogP contribution < -0.4 is 5.73 Å². The number of hydrogen-bond acceptors (Lipinski definition) is 4. The molecule has 2 heterocycles. The number of alkyl halides is 1. The average Bonchev–Trinajstić information content (AvgIpc) is 3.04. The van der Waals surface area contributed by atoms with Gasteiger partial charge in [-0.2, -0.15) is 0 Å². The van der Waals surface area contributed by atoms with Crippen LogP contribution in [0.4, 0.5) is 8.78 Å². The first-order valence-corrected chi connectivity index (χ1v) is 8.30. The minimum Gasteiger partial charge on any atom is -0.462 e. The molecule has 0 bridgehead atoms. The summed E-state index contributed by atoms with van der Waals surface area (Å²) >= 11 is 1.69. The van der Waals surface area contributed by atoms with Gasteiger partial charge in [-0.1, -0.05) is 18.2 Å². The number of aliphatic imine (C=N–C) groups is 1. The number of nitrogens with two attached hydrogens (primary N) is 1. The quantitative estimate of drug-likeness (QED) is 0.928. The summed E-state index contributed by atoms with van der Waals surface area (Å²) in [5.74, 6) is -0.478. The first-order chi connectivity index (χ1) is 11.0. The number of amidine groups is 1. The van der Waals surface area contributed by atoms with Crippen molar-refractivity contribution in [2.45, 2.75) is 31.5 Å². The molecule has 3 rings (SSSR count). The lowest BCUT2D eigenvalue weighted by atomic mass is 9.85. The molecule has 6 heteroatoms. The molecule has 2 aromatic rings. The summed E-state index contributed by atoms with van der Waals surface area (Å²) in [6.45, 7) is 1.33. The number of aryl methyl sites for hydroxylation is 2. The Morgan fingerprint density at radius 2 is 2.22 bits per heavy atom. The van der Waals surface area contributed by atoms with Crippen molar-refractivity contribution in [3.63, 3.8) is 0 Å². The largest absolute Gasteiger partial charge is 0.462 e. The summed E-state index contributed by atoms with van der Waals surface area (Å²) in [5.41, 5.74) is 5.37. The zero-order valence-electron chi connectivity index (χ0n) is 12.8. The number of ether oxygens (including phenoxy) is 1. The Morgan fingerprint density at radius 1 is 1.39 bits per heavy atom. The fraction of sp³-hybridized carbons (Fsp3) is 0.353. The van der Waals surface area contributed by atoms with Crippen LogP contribution in [0.25, 0.3) is 0 Å². The van der Waals surface area contributed by atoms with Gasteiger partial charge in [0.2, 0.25) is 0 Å². The van der Waals surface area contributed by atoms with Crippen LogP contribution in [0.15, 0.2) is 40.7 Å². The number of halogens is 2. The smallest absolute Gasteiger partial charge is 0.283 e. The van der Waals surface area contributed by atoms with Crippen molar-refractivity contribution in [3.05, 3.63) is 57.5 Å². The van der Waals surface area contributed by atoms with Gasteiger partial charge in [-0.05, 0) is 42.8 Å². The van der Waals surface area contributed by atoms with E-state index in [-0.39, 0.29) is 18.2 Å². The van der Waals surface area contributed by atoms with Crippen molar-refractivity contribution in [1.82, 2.24) is 0 Å². The summed E-state index contributed by atoms with van der Waals surface area (Å²) in [5, 5.41) is 2.03. The molecule has 1 aliphatic heterocycles. The second-order valence-electron chi connectivity index (χ2n) is 5.77. The van der Waals surface area contributed by atoms with E-state index in [1.54, 1.807) is 30.4 Å². The number of rotatable bonds is 4. The highest BCUT2D eigenvalue weighted by atomic mass is 32.1. The van der Waals surface area contributed by atoms with Crippen LogP contribution in [0.2, 0.25) is 0 Å². The normalized spacial score (nSPS) is 24.1. The SMILES string of the molecule is C[C@]1(c2cc(CCc3cccs3)ccc2F)N=C(N)OC[C@@H]1F. The lowest BCUT2D eigenvalue weighted by molar-refractivity contribution is 0.0923. The van der Waals surface area contributed by atoms with Crippen LogP contribution in [0.3, 0.4) is 0 Å². The molecule has 1 aromatic heterocycles. The van der Waals surface area contributed by atoms with Gasteiger partial charge in [-0.25, -0.2) is 13.8 Å². The molecule has 0 amide bonds. The second kappa shape index (κ2) is 6.28. The van der Waals surface area contributed by atoms with Gasteiger partial charge in [0, 0.05) is 10.4 Å². The molecular formula is C17H18F2N2OS. The molecule has 0 saturated carbocycles. The molecule has 2 atom stereocenters. The minimum atomic E-state index is -1.45. The van der Waals surface area contributed by atoms with E-state index in [4.69, 9.17) is 10.5 Å². The van der Waals surface area contributed by atoms with Crippen molar-refractivity contribution >= 4 is 17.4 Å². The molecule has 0 radical (unpaired) electrons. The van der Waals surface area contributed by atoms with Crippen LogP contribution >= 0.6 is 11.3 Å². The monoisotopic (exact) mass is 336 g/mol. The topological polar surface area (TPSA) is 47.6 Å². The molecule has 2 N–H and O–H groups in total. The highest BCUT2D eigenvalue weighted by Gasteiger charge is 2.42. The van der Waals surface area contributed by atoms with Gasteiger partial charge in [-0.3, -0.25) is 0 Å². The van der Waals surface area contributed by atoms with Gasteiger partial charge in [0.05, 0.1) is 0 Å². The second-order valence-corrected chi connectivity index (χ2v) is 6.80. The van der Waals surface area contributed by atoms with E-state index in [0.29, 0.717) is 0 Å². The van der Waals surface area contributed by atoms with Crippen molar-refractivity contribution in [3.8, 4) is 0 Å². The van der Waals surface area contributed by atoms with E-state index in [9.17, 15) is 8.78 Å². The molecule has 1 aliphatic rings. The predicted octanol–water partition coefficient (Wildman–Crippen LogP) is 3.57. The van der Waals surface area contributed by atoms with E-state index >= 15 is 0 Å². The number of benzene rings is 1.